The summed E-state index contributed by atoms with van der Waals surface area (Å²) < 4.78 is 19.1. The van der Waals surface area contributed by atoms with Gasteiger partial charge in [0.05, 0.1) is 0 Å². The van der Waals surface area contributed by atoms with Crippen LogP contribution in [-0.4, -0.2) is 16.7 Å². The highest BCUT2D eigenvalue weighted by Gasteiger charge is 2.11. The SMILES string of the molecule is O=C(c1ccc(Oc2ccc(C(=O)c3cccc(F)c3)cc2)cc1)c1cccc(O)c1. The number of phenols is 1. The summed E-state index contributed by atoms with van der Waals surface area (Å²) in [7, 11) is 0. The molecule has 0 radical (unpaired) electrons. The van der Waals surface area contributed by atoms with E-state index in [1.807, 2.05) is 0 Å². The standard InChI is InChI=1S/C26H17FO4/c27-21-5-1-3-19(15-21)25(29)17-7-11-23(12-8-17)31-24-13-9-18(10-14-24)26(30)20-4-2-6-22(28)16-20/h1-16,28H. The molecule has 0 spiro atoms. The van der Waals surface area contributed by atoms with Gasteiger partial charge in [-0.2, -0.15) is 0 Å². The van der Waals surface area contributed by atoms with Crippen LogP contribution < -0.4 is 4.74 Å². The van der Waals surface area contributed by atoms with Crippen LogP contribution >= 0.6 is 0 Å². The Hall–Kier alpha value is -4.25. The van der Waals surface area contributed by atoms with Crippen LogP contribution in [0.2, 0.25) is 0 Å². The highest BCUT2D eigenvalue weighted by molar-refractivity contribution is 6.09. The zero-order valence-electron chi connectivity index (χ0n) is 16.3. The van der Waals surface area contributed by atoms with Gasteiger partial charge in [-0.3, -0.25) is 9.59 Å². The van der Waals surface area contributed by atoms with E-state index in [9.17, 15) is 19.1 Å². The fourth-order valence-electron chi connectivity index (χ4n) is 3.09. The fraction of sp³-hybridized carbons (Fsp3) is 0. The molecule has 0 aliphatic rings. The number of benzene rings is 4. The Bertz CT molecular complexity index is 1150. The summed E-state index contributed by atoms with van der Waals surface area (Å²) in [5.41, 5.74) is 1.56. The van der Waals surface area contributed by atoms with Gasteiger partial charge < -0.3 is 9.84 Å². The van der Waals surface area contributed by atoms with Gasteiger partial charge in [0.15, 0.2) is 11.6 Å². The second kappa shape index (κ2) is 8.63. The molecule has 1 N–H and O–H groups in total. The number of hydrogen-bond donors (Lipinski definition) is 1. The lowest BCUT2D eigenvalue weighted by Crippen LogP contribution is -2.01. The van der Waals surface area contributed by atoms with Crippen LogP contribution in [0.25, 0.3) is 0 Å². The molecule has 0 aliphatic heterocycles. The van der Waals surface area contributed by atoms with Crippen molar-refractivity contribution in [1.29, 1.82) is 0 Å². The molecular weight excluding hydrogens is 395 g/mol. The average Bonchev–Trinajstić information content (AvgIpc) is 2.79. The Morgan fingerprint density at radius 1 is 0.613 bits per heavy atom. The van der Waals surface area contributed by atoms with E-state index >= 15 is 0 Å². The minimum atomic E-state index is -0.461. The molecule has 4 aromatic carbocycles. The molecule has 0 bridgehead atoms. The maximum atomic E-state index is 13.3. The summed E-state index contributed by atoms with van der Waals surface area (Å²) in [6, 6.07) is 24.9. The topological polar surface area (TPSA) is 63.6 Å². The van der Waals surface area contributed by atoms with Gasteiger partial charge >= 0.3 is 0 Å². The van der Waals surface area contributed by atoms with Gasteiger partial charge in [-0.25, -0.2) is 4.39 Å². The molecule has 4 nitrogen and oxygen atoms in total. The van der Waals surface area contributed by atoms with Gasteiger partial charge in [-0.15, -0.1) is 0 Å². The van der Waals surface area contributed by atoms with Crippen molar-refractivity contribution in [2.24, 2.45) is 0 Å². The van der Waals surface area contributed by atoms with Crippen molar-refractivity contribution in [2.45, 2.75) is 0 Å². The summed E-state index contributed by atoms with van der Waals surface area (Å²) in [6.07, 6.45) is 0. The van der Waals surface area contributed by atoms with Gasteiger partial charge in [0, 0.05) is 22.3 Å². The maximum absolute atomic E-state index is 13.3. The van der Waals surface area contributed by atoms with Crippen LogP contribution in [0.3, 0.4) is 0 Å². The van der Waals surface area contributed by atoms with Crippen molar-refractivity contribution in [3.63, 3.8) is 0 Å². The number of aromatic hydroxyl groups is 1. The quantitative estimate of drug-likeness (QED) is 0.408. The van der Waals surface area contributed by atoms with Crippen molar-refractivity contribution in [2.75, 3.05) is 0 Å². The zero-order chi connectivity index (χ0) is 21.8. The van der Waals surface area contributed by atoms with Gasteiger partial charge in [0.1, 0.15) is 23.1 Å². The van der Waals surface area contributed by atoms with E-state index in [1.165, 1.54) is 30.3 Å². The van der Waals surface area contributed by atoms with Crippen LogP contribution in [0.1, 0.15) is 31.8 Å². The summed E-state index contributed by atoms with van der Waals surface area (Å²) in [5, 5.41) is 9.54. The largest absolute Gasteiger partial charge is 0.508 e. The lowest BCUT2D eigenvalue weighted by molar-refractivity contribution is 0.103. The molecule has 0 heterocycles. The van der Waals surface area contributed by atoms with Gasteiger partial charge in [-0.05, 0) is 72.8 Å². The van der Waals surface area contributed by atoms with Crippen LogP contribution in [0, 0.1) is 5.82 Å². The van der Waals surface area contributed by atoms with Crippen molar-refractivity contribution >= 4 is 11.6 Å². The van der Waals surface area contributed by atoms with Crippen molar-refractivity contribution < 1.29 is 23.8 Å². The molecule has 0 saturated heterocycles. The predicted molar refractivity (Wildman–Crippen MR) is 114 cm³/mol. The fourth-order valence-corrected chi connectivity index (χ4v) is 3.09. The molecular formula is C26H17FO4. The van der Waals surface area contributed by atoms with E-state index < -0.39 is 5.82 Å². The summed E-state index contributed by atoms with van der Waals surface area (Å²) in [6.45, 7) is 0. The van der Waals surface area contributed by atoms with E-state index in [1.54, 1.807) is 66.7 Å². The summed E-state index contributed by atoms with van der Waals surface area (Å²) in [5.74, 6) is 0.130. The first-order chi connectivity index (χ1) is 15.0. The molecule has 5 heteroatoms. The maximum Gasteiger partial charge on any atom is 0.193 e. The number of rotatable bonds is 6. The number of carbonyl (C=O) groups excluding carboxylic acids is 2. The molecule has 4 rings (SSSR count). The van der Waals surface area contributed by atoms with Crippen molar-refractivity contribution in [3.8, 4) is 17.2 Å². The van der Waals surface area contributed by atoms with Crippen LogP contribution in [-0.2, 0) is 0 Å². The minimum Gasteiger partial charge on any atom is -0.508 e. The lowest BCUT2D eigenvalue weighted by atomic mass is 10.0. The van der Waals surface area contributed by atoms with Crippen molar-refractivity contribution in [3.05, 3.63) is 125 Å². The third kappa shape index (κ3) is 4.67. The molecule has 0 amide bonds. The smallest absolute Gasteiger partial charge is 0.193 e. The minimum absolute atomic E-state index is 0.0325. The van der Waals surface area contributed by atoms with E-state index in [0.717, 1.165) is 0 Å². The van der Waals surface area contributed by atoms with E-state index in [-0.39, 0.29) is 22.9 Å². The molecule has 0 aromatic heterocycles. The highest BCUT2D eigenvalue weighted by atomic mass is 19.1. The first kappa shape index (κ1) is 20.0. The Labute approximate surface area is 178 Å². The number of phenolic OH excluding ortho intramolecular Hbond substituents is 1. The average molecular weight is 412 g/mol. The molecule has 0 saturated carbocycles. The normalized spacial score (nSPS) is 10.5. The molecule has 152 valence electrons. The van der Waals surface area contributed by atoms with E-state index in [4.69, 9.17) is 4.74 Å². The monoisotopic (exact) mass is 412 g/mol. The third-order valence-electron chi connectivity index (χ3n) is 4.66. The number of halogens is 1. The molecule has 0 atom stereocenters. The molecule has 31 heavy (non-hydrogen) atoms. The Morgan fingerprint density at radius 3 is 1.58 bits per heavy atom. The Morgan fingerprint density at radius 2 is 1.10 bits per heavy atom. The number of carbonyl (C=O) groups is 2. The van der Waals surface area contributed by atoms with Gasteiger partial charge in [-0.1, -0.05) is 24.3 Å². The highest BCUT2D eigenvalue weighted by Crippen LogP contribution is 2.24. The number of ketones is 2. The number of ether oxygens (including phenoxy) is 1. The summed E-state index contributed by atoms with van der Waals surface area (Å²) >= 11 is 0. The zero-order valence-corrected chi connectivity index (χ0v) is 16.3. The number of hydrogen-bond acceptors (Lipinski definition) is 4. The van der Waals surface area contributed by atoms with E-state index in [0.29, 0.717) is 28.2 Å². The second-order valence-electron chi connectivity index (χ2n) is 6.87. The first-order valence-electron chi connectivity index (χ1n) is 9.51. The molecule has 0 fully saturated rings. The second-order valence-corrected chi connectivity index (χ2v) is 6.87. The van der Waals surface area contributed by atoms with Crippen molar-refractivity contribution in [1.82, 2.24) is 0 Å². The predicted octanol–water partition coefficient (Wildman–Crippen LogP) is 5.79. The molecule has 0 aliphatic carbocycles. The van der Waals surface area contributed by atoms with Crippen LogP contribution in [0.15, 0.2) is 97.1 Å². The lowest BCUT2D eigenvalue weighted by Gasteiger charge is -2.08. The first-order valence-corrected chi connectivity index (χ1v) is 9.51. The van der Waals surface area contributed by atoms with Crippen LogP contribution in [0.5, 0.6) is 17.2 Å². The van der Waals surface area contributed by atoms with E-state index in [2.05, 4.69) is 0 Å². The third-order valence-corrected chi connectivity index (χ3v) is 4.66. The Balaban J connectivity index is 1.45. The Kier molecular flexibility index (Phi) is 5.58. The van der Waals surface area contributed by atoms with Gasteiger partial charge in [0.25, 0.3) is 0 Å². The van der Waals surface area contributed by atoms with Crippen LogP contribution in [0.4, 0.5) is 4.39 Å². The molecule has 0 unspecified atom stereocenters. The summed E-state index contributed by atoms with van der Waals surface area (Å²) in [4.78, 5) is 25.0. The van der Waals surface area contributed by atoms with Gasteiger partial charge in [0.2, 0.25) is 0 Å². The molecule has 4 aromatic rings.